The van der Waals surface area contributed by atoms with Crippen molar-refractivity contribution in [1.82, 2.24) is 15.2 Å². The predicted octanol–water partition coefficient (Wildman–Crippen LogP) is 2.41. The van der Waals surface area contributed by atoms with E-state index in [2.05, 4.69) is 11.4 Å². The smallest absolute Gasteiger partial charge is 0.298 e. The normalized spacial score (nSPS) is 22.9. The summed E-state index contributed by atoms with van der Waals surface area (Å²) in [5, 5.41) is 2.94. The van der Waals surface area contributed by atoms with E-state index in [-0.39, 0.29) is 23.8 Å². The Morgan fingerprint density at radius 2 is 2.03 bits per heavy atom. The summed E-state index contributed by atoms with van der Waals surface area (Å²) >= 11 is 0. The van der Waals surface area contributed by atoms with Crippen LogP contribution in [-0.4, -0.2) is 67.1 Å². The second-order valence-corrected chi connectivity index (χ2v) is 8.58. The van der Waals surface area contributed by atoms with Crippen LogP contribution in [0.2, 0.25) is 0 Å². The summed E-state index contributed by atoms with van der Waals surface area (Å²) < 4.78 is 11.7. The molecule has 8 nitrogen and oxygen atoms in total. The zero-order chi connectivity index (χ0) is 22.0. The van der Waals surface area contributed by atoms with E-state index < -0.39 is 0 Å². The van der Waals surface area contributed by atoms with E-state index in [1.54, 1.807) is 0 Å². The lowest BCUT2D eigenvalue weighted by molar-refractivity contribution is -0.144. The Kier molecular flexibility index (Phi) is 6.46. The summed E-state index contributed by atoms with van der Waals surface area (Å²) in [4.78, 5) is 33.8. The van der Waals surface area contributed by atoms with Crippen LogP contribution in [0.3, 0.4) is 0 Å². The molecule has 0 radical (unpaired) electrons. The molecule has 31 heavy (non-hydrogen) atoms. The summed E-state index contributed by atoms with van der Waals surface area (Å²) in [5.41, 5.74) is 3.80. The zero-order valence-electron chi connectivity index (χ0n) is 18.6. The highest BCUT2D eigenvalue weighted by Crippen LogP contribution is 2.32. The fraction of sp³-hybridized carbons (Fsp3) is 0.609. The maximum Gasteiger partial charge on any atom is 0.298 e. The van der Waals surface area contributed by atoms with Crippen molar-refractivity contribution in [1.29, 1.82) is 0 Å². The number of fused-ring (bicyclic) bond motifs is 1. The van der Waals surface area contributed by atoms with Crippen molar-refractivity contribution in [3.8, 4) is 0 Å². The van der Waals surface area contributed by atoms with E-state index >= 15 is 0 Å². The minimum atomic E-state index is -0.0375. The number of ether oxygens (including phenoxy) is 1. The minimum Gasteiger partial charge on any atom is -0.423 e. The molecule has 4 rings (SSSR count). The second-order valence-electron chi connectivity index (χ2n) is 8.58. The maximum atomic E-state index is 13.0. The molecule has 1 saturated carbocycles. The van der Waals surface area contributed by atoms with Gasteiger partial charge < -0.3 is 24.3 Å². The van der Waals surface area contributed by atoms with Gasteiger partial charge >= 0.3 is 0 Å². The summed E-state index contributed by atoms with van der Waals surface area (Å²) in [6.07, 6.45) is 2.05. The first-order chi connectivity index (χ1) is 14.9. The Morgan fingerprint density at radius 3 is 2.81 bits per heavy atom. The highest BCUT2D eigenvalue weighted by molar-refractivity contribution is 5.82. The van der Waals surface area contributed by atoms with Gasteiger partial charge in [0.1, 0.15) is 5.52 Å². The van der Waals surface area contributed by atoms with Crippen LogP contribution in [0.15, 0.2) is 16.5 Å². The average Bonchev–Trinajstić information content (AvgIpc) is 3.12. The van der Waals surface area contributed by atoms with Crippen molar-refractivity contribution in [2.24, 2.45) is 5.92 Å². The third-order valence-electron chi connectivity index (χ3n) is 6.19. The molecule has 1 aliphatic heterocycles. The Hall–Kier alpha value is -2.61. The quantitative estimate of drug-likeness (QED) is 0.805. The summed E-state index contributed by atoms with van der Waals surface area (Å²) in [7, 11) is 0. The summed E-state index contributed by atoms with van der Waals surface area (Å²) in [5.74, 6) is 0.0729. The topological polar surface area (TPSA) is 87.9 Å². The highest BCUT2D eigenvalue weighted by atomic mass is 16.5. The monoisotopic (exact) mass is 428 g/mol. The molecular formula is C23H32N4O4. The van der Waals surface area contributed by atoms with Crippen molar-refractivity contribution in [2.45, 2.75) is 46.1 Å². The third-order valence-corrected chi connectivity index (χ3v) is 6.19. The van der Waals surface area contributed by atoms with E-state index in [0.717, 1.165) is 35.1 Å². The van der Waals surface area contributed by atoms with Gasteiger partial charge in [-0.05, 0) is 50.8 Å². The van der Waals surface area contributed by atoms with E-state index in [1.165, 1.54) is 0 Å². The Labute approximate surface area is 182 Å². The molecule has 2 fully saturated rings. The van der Waals surface area contributed by atoms with Crippen molar-refractivity contribution in [3.05, 3.63) is 23.3 Å². The van der Waals surface area contributed by atoms with E-state index in [1.807, 2.05) is 36.6 Å². The van der Waals surface area contributed by atoms with Gasteiger partial charge in [0.05, 0.1) is 6.10 Å². The molecule has 0 bridgehead atoms. The van der Waals surface area contributed by atoms with Gasteiger partial charge in [0.15, 0.2) is 5.58 Å². The average molecular weight is 429 g/mol. The van der Waals surface area contributed by atoms with Crippen LogP contribution in [0.5, 0.6) is 0 Å². The van der Waals surface area contributed by atoms with Crippen LogP contribution in [0, 0.1) is 19.8 Å². The van der Waals surface area contributed by atoms with Crippen LogP contribution in [-0.2, 0) is 14.3 Å². The molecular weight excluding hydrogens is 396 g/mol. The lowest BCUT2D eigenvalue weighted by atomic mass is 9.81. The molecule has 0 spiro atoms. The molecule has 1 aromatic heterocycles. The van der Waals surface area contributed by atoms with E-state index in [0.29, 0.717) is 51.8 Å². The molecule has 1 aromatic carbocycles. The molecule has 1 saturated heterocycles. The number of anilines is 1. The number of hydrogen-bond acceptors (Lipinski definition) is 6. The van der Waals surface area contributed by atoms with Crippen LogP contribution < -0.4 is 10.2 Å². The molecule has 2 aliphatic rings. The van der Waals surface area contributed by atoms with Crippen LogP contribution in [0.1, 0.15) is 37.3 Å². The first-order valence-corrected chi connectivity index (χ1v) is 11.2. The third kappa shape index (κ3) is 4.84. The Balaban J connectivity index is 1.49. The van der Waals surface area contributed by atoms with Crippen LogP contribution in [0.4, 0.5) is 6.01 Å². The van der Waals surface area contributed by atoms with Gasteiger partial charge in [-0.15, -0.1) is 0 Å². The van der Waals surface area contributed by atoms with Gasteiger partial charge in [-0.2, -0.15) is 4.98 Å². The first-order valence-electron chi connectivity index (χ1n) is 11.2. The number of nitrogens with zero attached hydrogens (tertiary/aromatic N) is 3. The molecule has 2 aromatic rings. The fourth-order valence-electron chi connectivity index (χ4n) is 4.43. The van der Waals surface area contributed by atoms with Gasteiger partial charge in [0, 0.05) is 51.7 Å². The molecule has 2 heterocycles. The Morgan fingerprint density at radius 1 is 1.23 bits per heavy atom. The highest BCUT2D eigenvalue weighted by Gasteiger charge is 2.37. The number of benzene rings is 1. The maximum absolute atomic E-state index is 13.0. The number of nitrogens with one attached hydrogen (secondary N) is 1. The predicted molar refractivity (Wildman–Crippen MR) is 118 cm³/mol. The summed E-state index contributed by atoms with van der Waals surface area (Å²) in [6, 6.07) is 4.62. The minimum absolute atomic E-state index is 0.00838. The number of hydrogen-bond donors (Lipinski definition) is 1. The van der Waals surface area contributed by atoms with E-state index in [4.69, 9.17) is 14.1 Å². The Bertz CT molecular complexity index is 950. The van der Waals surface area contributed by atoms with Gasteiger partial charge in [-0.25, -0.2) is 0 Å². The number of amides is 2. The van der Waals surface area contributed by atoms with Gasteiger partial charge in [0.25, 0.3) is 6.01 Å². The molecule has 0 atom stereocenters. The SMILES string of the molecule is CCOC1CC(C(=O)N2CCC(=O)NCCN(c3nc4cc(C)cc(C)c4o3)CC2)C1. The number of carbonyl (C=O) groups excluding carboxylic acids is 2. The van der Waals surface area contributed by atoms with Crippen LogP contribution >= 0.6 is 0 Å². The molecule has 0 unspecified atom stereocenters. The molecule has 8 heteroatoms. The van der Waals surface area contributed by atoms with Gasteiger partial charge in [-0.3, -0.25) is 9.59 Å². The lowest BCUT2D eigenvalue weighted by Crippen LogP contribution is -2.49. The molecule has 1 N–H and O–H groups in total. The standard InChI is InChI=1S/C23H32N4O4/c1-4-30-18-13-17(14-18)22(29)26-7-5-20(28)24-6-8-27(10-9-26)23-25-19-12-15(2)11-16(3)21(19)31-23/h11-12,17-18H,4-10,13-14H2,1-3H3,(H,24,28). The summed E-state index contributed by atoms with van der Waals surface area (Å²) in [6.45, 7) is 9.38. The molecule has 2 amide bonds. The van der Waals surface area contributed by atoms with Gasteiger partial charge in [0.2, 0.25) is 11.8 Å². The zero-order valence-corrected chi connectivity index (χ0v) is 18.6. The van der Waals surface area contributed by atoms with Crippen molar-refractivity contribution in [3.63, 3.8) is 0 Å². The van der Waals surface area contributed by atoms with Gasteiger partial charge in [-0.1, -0.05) is 6.07 Å². The fourth-order valence-corrected chi connectivity index (χ4v) is 4.43. The number of aryl methyl sites for hydroxylation is 2. The number of aromatic nitrogens is 1. The number of carbonyl (C=O) groups is 2. The van der Waals surface area contributed by atoms with E-state index in [9.17, 15) is 9.59 Å². The number of rotatable bonds is 4. The van der Waals surface area contributed by atoms with Crippen molar-refractivity contribution >= 4 is 28.9 Å². The van der Waals surface area contributed by atoms with Crippen molar-refractivity contribution in [2.75, 3.05) is 44.2 Å². The lowest BCUT2D eigenvalue weighted by Gasteiger charge is -2.38. The largest absolute Gasteiger partial charge is 0.423 e. The second kappa shape index (κ2) is 9.26. The van der Waals surface area contributed by atoms with Crippen molar-refractivity contribution < 1.29 is 18.7 Å². The first kappa shape index (κ1) is 21.6. The van der Waals surface area contributed by atoms with Crippen LogP contribution in [0.25, 0.3) is 11.1 Å². The molecule has 1 aliphatic carbocycles. The molecule has 168 valence electrons. The number of oxazole rings is 1.